The summed E-state index contributed by atoms with van der Waals surface area (Å²) >= 11 is 0. The first-order valence-corrected chi connectivity index (χ1v) is 5.62. The van der Waals surface area contributed by atoms with Crippen molar-refractivity contribution in [1.82, 2.24) is 5.43 Å². The molecule has 0 saturated heterocycles. The molecule has 0 saturated carbocycles. The molecule has 0 amide bonds. The van der Waals surface area contributed by atoms with Crippen LogP contribution in [-0.4, -0.2) is 29.9 Å². The van der Waals surface area contributed by atoms with Crippen molar-refractivity contribution in [2.24, 2.45) is 5.11 Å². The zero-order chi connectivity index (χ0) is 12.1. The normalized spacial score (nSPS) is 11.8. The standard InChI is InChI=1S/C9H21N3O4/c1-2-3-4-7-10-12(13)11-8-5-6-9-15-16-14/h14H,2-9H2,1H3,(H,10,11). The van der Waals surface area contributed by atoms with Gasteiger partial charge in [-0.1, -0.05) is 24.8 Å². The monoisotopic (exact) mass is 235 g/mol. The fourth-order valence-electron chi connectivity index (χ4n) is 1.07. The fraction of sp³-hybridized carbons (Fsp3) is 1.00. The highest BCUT2D eigenvalue weighted by Crippen LogP contribution is 1.93. The van der Waals surface area contributed by atoms with Gasteiger partial charge in [-0.15, -0.1) is 0 Å². The van der Waals surface area contributed by atoms with Gasteiger partial charge in [-0.25, -0.2) is 10.1 Å². The Morgan fingerprint density at radius 2 is 2.12 bits per heavy atom. The van der Waals surface area contributed by atoms with Gasteiger partial charge in [0.1, 0.15) is 6.54 Å². The predicted molar refractivity (Wildman–Crippen MR) is 57.3 cm³/mol. The van der Waals surface area contributed by atoms with Gasteiger partial charge in [0, 0.05) is 4.97 Å². The molecule has 0 bridgehead atoms. The predicted octanol–water partition coefficient (Wildman–Crippen LogP) is 1.85. The van der Waals surface area contributed by atoms with Crippen molar-refractivity contribution >= 4 is 0 Å². The first kappa shape index (κ1) is 15.1. The average Bonchev–Trinajstić information content (AvgIpc) is 2.29. The van der Waals surface area contributed by atoms with Crippen molar-refractivity contribution in [3.8, 4) is 0 Å². The van der Waals surface area contributed by atoms with Gasteiger partial charge >= 0.3 is 0 Å². The summed E-state index contributed by atoms with van der Waals surface area (Å²) in [6, 6.07) is 0. The van der Waals surface area contributed by atoms with Crippen LogP contribution in [0, 0.1) is 5.21 Å². The Labute approximate surface area is 95.5 Å². The fourth-order valence-corrected chi connectivity index (χ4v) is 1.07. The third kappa shape index (κ3) is 11.2. The van der Waals surface area contributed by atoms with E-state index in [1.54, 1.807) is 0 Å². The Kier molecular flexibility index (Phi) is 11.5. The molecule has 0 aromatic heterocycles. The molecular weight excluding hydrogens is 214 g/mol. The maximum atomic E-state index is 11.0. The van der Waals surface area contributed by atoms with E-state index in [9.17, 15) is 5.21 Å². The average molecular weight is 235 g/mol. The smallest absolute Gasteiger partial charge is 0.106 e. The molecule has 0 heterocycles. The highest BCUT2D eigenvalue weighted by atomic mass is 17.5. The molecule has 0 aliphatic carbocycles. The molecule has 0 unspecified atom stereocenters. The Hall–Kier alpha value is -0.920. The van der Waals surface area contributed by atoms with Crippen molar-refractivity contribution in [2.45, 2.75) is 39.0 Å². The number of hydrogen-bond donors (Lipinski definition) is 2. The Morgan fingerprint density at radius 1 is 1.31 bits per heavy atom. The third-order valence-corrected chi connectivity index (χ3v) is 1.94. The second-order valence-electron chi connectivity index (χ2n) is 3.36. The van der Waals surface area contributed by atoms with E-state index in [0.717, 1.165) is 25.7 Å². The molecule has 0 rings (SSSR count). The number of hydrogen-bond acceptors (Lipinski definition) is 5. The van der Waals surface area contributed by atoms with Gasteiger partial charge in [0.25, 0.3) is 0 Å². The molecule has 0 radical (unpaired) electrons. The minimum absolute atomic E-state index is 0.296. The molecular formula is C9H21N3O4. The van der Waals surface area contributed by atoms with E-state index in [2.05, 4.69) is 27.4 Å². The summed E-state index contributed by atoms with van der Waals surface area (Å²) in [6.07, 6.45) is 4.59. The van der Waals surface area contributed by atoms with E-state index in [4.69, 9.17) is 5.26 Å². The zero-order valence-electron chi connectivity index (χ0n) is 9.72. The van der Waals surface area contributed by atoms with E-state index in [-0.39, 0.29) is 0 Å². The molecule has 0 aliphatic rings. The minimum atomic E-state index is 0.296. The molecule has 96 valence electrons. The number of nitrogens with one attached hydrogen (secondary N) is 1. The molecule has 0 fully saturated rings. The Bertz CT molecular complexity index is 178. The van der Waals surface area contributed by atoms with Gasteiger partial charge in [0.15, 0.2) is 0 Å². The highest BCUT2D eigenvalue weighted by Gasteiger charge is 1.95. The molecule has 0 aromatic rings. The van der Waals surface area contributed by atoms with E-state index in [0.29, 0.717) is 31.1 Å². The summed E-state index contributed by atoms with van der Waals surface area (Å²) in [4.78, 5) is 4.76. The van der Waals surface area contributed by atoms with Crippen LogP contribution in [0.3, 0.4) is 0 Å². The van der Waals surface area contributed by atoms with Crippen molar-refractivity contribution in [1.29, 1.82) is 0 Å². The van der Waals surface area contributed by atoms with Gasteiger partial charge in [0.2, 0.25) is 0 Å². The van der Waals surface area contributed by atoms with Crippen LogP contribution < -0.4 is 5.43 Å². The summed E-state index contributed by atoms with van der Waals surface area (Å²) in [6.45, 7) is 3.48. The number of unbranched alkanes of at least 4 members (excludes halogenated alkanes) is 3. The quantitative estimate of drug-likeness (QED) is 0.187. The maximum Gasteiger partial charge on any atom is 0.106 e. The second kappa shape index (κ2) is 12.2. The van der Waals surface area contributed by atoms with Crippen LogP contribution in [0.15, 0.2) is 5.11 Å². The van der Waals surface area contributed by atoms with Crippen LogP contribution >= 0.6 is 0 Å². The third-order valence-electron chi connectivity index (χ3n) is 1.94. The Balaban J connectivity index is 3.25. The summed E-state index contributed by atoms with van der Waals surface area (Å²) in [5.41, 5.74) is 2.59. The molecule has 0 aromatic carbocycles. The molecule has 0 aliphatic heterocycles. The largest absolute Gasteiger partial charge is 0.572 e. The van der Waals surface area contributed by atoms with Crippen molar-refractivity contribution < 1.29 is 20.2 Å². The van der Waals surface area contributed by atoms with E-state index in [1.807, 2.05) is 0 Å². The zero-order valence-corrected chi connectivity index (χ0v) is 9.72. The van der Waals surface area contributed by atoms with Crippen LogP contribution in [-0.2, 0) is 9.93 Å². The topological polar surface area (TPSA) is 89.2 Å². The summed E-state index contributed by atoms with van der Waals surface area (Å²) in [7, 11) is 0. The Morgan fingerprint density at radius 3 is 2.81 bits per heavy atom. The SMILES string of the molecule is CCCCCN=[N+]([O-])NCCCCOOO. The molecule has 7 heteroatoms. The molecule has 0 spiro atoms. The first-order chi connectivity index (χ1) is 7.81. The number of nitrogens with zero attached hydrogens (tertiary/aromatic N) is 2. The van der Waals surface area contributed by atoms with Crippen LogP contribution in [0.5, 0.6) is 0 Å². The summed E-state index contributed by atoms with van der Waals surface area (Å²) in [5, 5.41) is 26.1. The van der Waals surface area contributed by atoms with Crippen LogP contribution in [0.4, 0.5) is 0 Å². The first-order valence-electron chi connectivity index (χ1n) is 5.62. The van der Waals surface area contributed by atoms with E-state index in [1.165, 1.54) is 0 Å². The van der Waals surface area contributed by atoms with Gasteiger partial charge in [-0.05, 0) is 24.4 Å². The summed E-state index contributed by atoms with van der Waals surface area (Å²) < 4.78 is 0. The van der Waals surface area contributed by atoms with Gasteiger partial charge < -0.3 is 5.21 Å². The van der Waals surface area contributed by atoms with Crippen molar-refractivity contribution in [2.75, 3.05) is 19.7 Å². The maximum absolute atomic E-state index is 11.0. The van der Waals surface area contributed by atoms with E-state index < -0.39 is 0 Å². The molecule has 16 heavy (non-hydrogen) atoms. The lowest BCUT2D eigenvalue weighted by atomic mass is 10.3. The van der Waals surface area contributed by atoms with Crippen LogP contribution in [0.1, 0.15) is 39.0 Å². The van der Waals surface area contributed by atoms with Gasteiger partial charge in [-0.2, -0.15) is 5.43 Å². The van der Waals surface area contributed by atoms with Crippen LogP contribution in [0.25, 0.3) is 0 Å². The number of rotatable bonds is 11. The van der Waals surface area contributed by atoms with Gasteiger partial charge in [-0.3, -0.25) is 0 Å². The molecule has 2 N–H and O–H groups in total. The lowest BCUT2D eigenvalue weighted by Gasteiger charge is -2.02. The molecule has 0 atom stereocenters. The van der Waals surface area contributed by atoms with Crippen molar-refractivity contribution in [3.63, 3.8) is 0 Å². The molecule has 7 nitrogen and oxygen atoms in total. The highest BCUT2D eigenvalue weighted by molar-refractivity contribution is 4.39. The summed E-state index contributed by atoms with van der Waals surface area (Å²) in [5.74, 6) is 0. The second-order valence-corrected chi connectivity index (χ2v) is 3.36. The van der Waals surface area contributed by atoms with Crippen molar-refractivity contribution in [3.05, 3.63) is 5.21 Å². The number of hydrazine groups is 1. The van der Waals surface area contributed by atoms with E-state index >= 15 is 0 Å². The van der Waals surface area contributed by atoms with Gasteiger partial charge in [0.05, 0.1) is 13.2 Å². The lowest BCUT2D eigenvalue weighted by Crippen LogP contribution is -2.24. The minimum Gasteiger partial charge on any atom is -0.572 e. The van der Waals surface area contributed by atoms with Crippen LogP contribution in [0.2, 0.25) is 0 Å². The lowest BCUT2D eigenvalue weighted by molar-refractivity contribution is -0.590.